The van der Waals surface area contributed by atoms with E-state index in [-0.39, 0.29) is 0 Å². The number of rotatable bonds is 7. The molecule has 35 heavy (non-hydrogen) atoms. The van der Waals surface area contributed by atoms with Gasteiger partial charge in [-0.15, -0.1) is 0 Å². The molecule has 0 bridgehead atoms. The van der Waals surface area contributed by atoms with Crippen LogP contribution in [0.4, 0.5) is 5.82 Å². The zero-order chi connectivity index (χ0) is 24.2. The Bertz CT molecular complexity index is 1260. The first-order chi connectivity index (χ1) is 17.1. The second kappa shape index (κ2) is 10.5. The highest BCUT2D eigenvalue weighted by Crippen LogP contribution is 2.31. The van der Waals surface area contributed by atoms with E-state index in [1.807, 2.05) is 18.2 Å². The van der Waals surface area contributed by atoms with Crippen LogP contribution in [0.15, 0.2) is 66.7 Å². The van der Waals surface area contributed by atoms with Crippen molar-refractivity contribution in [3.63, 3.8) is 0 Å². The lowest BCUT2D eigenvalue weighted by molar-refractivity contribution is -0.900. The molecule has 2 aromatic heterocycles. The van der Waals surface area contributed by atoms with E-state index in [2.05, 4.69) is 78.2 Å². The minimum Gasteiger partial charge on any atom is -0.354 e. The molecule has 0 atom stereocenters. The minimum absolute atomic E-state index is 0.696. The van der Waals surface area contributed by atoms with Gasteiger partial charge in [0, 0.05) is 23.2 Å². The van der Waals surface area contributed by atoms with E-state index >= 15 is 0 Å². The molecule has 0 radical (unpaired) electrons. The molecule has 180 valence electrons. The highest BCUT2D eigenvalue weighted by atomic mass is 15.3. The molecule has 0 spiro atoms. The first kappa shape index (κ1) is 23.4. The summed E-state index contributed by atoms with van der Waals surface area (Å²) in [5, 5.41) is 0. The molecule has 5 rings (SSSR count). The van der Waals surface area contributed by atoms with Gasteiger partial charge in [0.25, 0.3) is 0 Å². The highest BCUT2D eigenvalue weighted by molar-refractivity contribution is 5.85. The summed E-state index contributed by atoms with van der Waals surface area (Å²) in [5.41, 5.74) is 10.6. The first-order valence-electron chi connectivity index (χ1n) is 12.5. The zero-order valence-electron chi connectivity index (χ0n) is 20.7. The molecule has 7 nitrogen and oxygen atoms in total. The predicted molar refractivity (Wildman–Crippen MR) is 141 cm³/mol. The average molecular weight is 470 g/mol. The number of pyridine rings is 1. The molecule has 7 heteroatoms. The van der Waals surface area contributed by atoms with Crippen LogP contribution in [-0.2, 0) is 6.54 Å². The maximum absolute atomic E-state index is 5.06. The van der Waals surface area contributed by atoms with Gasteiger partial charge in [0.1, 0.15) is 11.3 Å². The molecule has 1 aliphatic heterocycles. The standard InChI is InChI=1S/C28H33N7/c1-33(2)14-15-34-16-18-35(19-17-34)25-13-12-24-28(31-25)32-27(22-6-4-3-5-7-22)26(30-24)23-10-8-21(20-29)9-11-23/h3-13H,14-20,29H2,1-2H3/p+2. The van der Waals surface area contributed by atoms with E-state index in [0.29, 0.717) is 5.65 Å². The molecule has 1 saturated heterocycles. The summed E-state index contributed by atoms with van der Waals surface area (Å²) in [6, 6.07) is 22.9. The molecule has 1 fully saturated rings. The van der Waals surface area contributed by atoms with Crippen LogP contribution in [0.5, 0.6) is 0 Å². The van der Waals surface area contributed by atoms with E-state index in [1.54, 1.807) is 4.90 Å². The molecule has 0 unspecified atom stereocenters. The Morgan fingerprint density at radius 3 is 2.20 bits per heavy atom. The normalized spacial score (nSPS) is 14.7. The van der Waals surface area contributed by atoms with Crippen molar-refractivity contribution in [3.05, 3.63) is 72.3 Å². The number of quaternary nitrogens is 2. The number of aromatic nitrogens is 3. The Kier molecular flexibility index (Phi) is 6.99. The number of hydrogen-bond donors (Lipinski definition) is 2. The predicted octanol–water partition coefficient (Wildman–Crippen LogP) is 1.37. The largest absolute Gasteiger partial charge is 0.354 e. The van der Waals surface area contributed by atoms with Gasteiger partial charge in [-0.2, -0.15) is 0 Å². The molecule has 1 aliphatic rings. The van der Waals surface area contributed by atoms with E-state index < -0.39 is 0 Å². The summed E-state index contributed by atoms with van der Waals surface area (Å²) in [4.78, 5) is 21.4. The van der Waals surface area contributed by atoms with E-state index in [9.17, 15) is 0 Å². The van der Waals surface area contributed by atoms with Gasteiger partial charge in [0.05, 0.1) is 50.7 Å². The highest BCUT2D eigenvalue weighted by Gasteiger charge is 2.22. The number of likely N-dealkylation sites (N-methyl/N-ethyl adjacent to an activating group) is 1. The van der Waals surface area contributed by atoms with Crippen molar-refractivity contribution in [2.75, 3.05) is 58.3 Å². The van der Waals surface area contributed by atoms with Crippen LogP contribution in [0.1, 0.15) is 5.56 Å². The summed E-state index contributed by atoms with van der Waals surface area (Å²) in [7, 11) is 4.28. The van der Waals surface area contributed by atoms with Crippen molar-refractivity contribution in [1.82, 2.24) is 19.9 Å². The molecule has 3 heterocycles. The van der Waals surface area contributed by atoms with Gasteiger partial charge in [-0.3, -0.25) is 0 Å². The van der Waals surface area contributed by atoms with Crippen LogP contribution in [0.3, 0.4) is 0 Å². The van der Waals surface area contributed by atoms with Crippen molar-refractivity contribution in [3.8, 4) is 22.5 Å². The maximum atomic E-state index is 5.06. The Balaban J connectivity index is 1.47. The molecular weight excluding hydrogens is 434 g/mol. The summed E-state index contributed by atoms with van der Waals surface area (Å²) in [6.45, 7) is 7.38. The molecular formula is C28H35N7+2. The van der Waals surface area contributed by atoms with Crippen molar-refractivity contribution < 1.29 is 10.6 Å². The number of benzene rings is 2. The van der Waals surface area contributed by atoms with E-state index in [0.717, 1.165) is 73.1 Å². The molecule has 0 amide bonds. The number of hydrogen-bond acceptors (Lipinski definition) is 5. The zero-order valence-corrected chi connectivity index (χ0v) is 20.7. The number of nitrogens with one attached hydrogen (secondary N) is 1. The molecule has 4 aromatic rings. The van der Waals surface area contributed by atoms with Crippen molar-refractivity contribution >= 4 is 17.0 Å². The fourth-order valence-electron chi connectivity index (χ4n) is 4.62. The van der Waals surface area contributed by atoms with Gasteiger partial charge in [0.2, 0.25) is 0 Å². The summed E-state index contributed by atoms with van der Waals surface area (Å²) < 4.78 is 0. The third kappa shape index (κ3) is 5.32. The van der Waals surface area contributed by atoms with E-state index in [1.165, 1.54) is 12.1 Å². The number of fused-ring (bicyclic) bond motifs is 1. The van der Waals surface area contributed by atoms with Gasteiger partial charge in [-0.1, -0.05) is 54.6 Å². The second-order valence-electron chi connectivity index (χ2n) is 9.54. The summed E-state index contributed by atoms with van der Waals surface area (Å²) in [6.07, 6.45) is 0. The van der Waals surface area contributed by atoms with Gasteiger partial charge >= 0.3 is 0 Å². The minimum atomic E-state index is 0.696. The Hall–Kier alpha value is -3.39. The fraction of sp³-hybridized carbons (Fsp3) is 0.321. The lowest BCUT2D eigenvalue weighted by atomic mass is 10.0. The van der Waals surface area contributed by atoms with Crippen LogP contribution in [0.25, 0.3) is 33.7 Å². The molecule has 0 aliphatic carbocycles. The van der Waals surface area contributed by atoms with Crippen molar-refractivity contribution in [1.29, 1.82) is 0 Å². The number of piperazine rings is 1. The van der Waals surface area contributed by atoms with Gasteiger partial charge < -0.3 is 20.4 Å². The SMILES string of the molecule is CN(C)CC[NH+]1CCN(c2ccc3nc(-c4ccc(C[NH3+])cc4)c(-c4ccccc4)nc3n2)CC1. The average Bonchev–Trinajstić information content (AvgIpc) is 2.91. The van der Waals surface area contributed by atoms with Crippen LogP contribution in [0.2, 0.25) is 0 Å². The van der Waals surface area contributed by atoms with Crippen LogP contribution >= 0.6 is 0 Å². The lowest BCUT2D eigenvalue weighted by Crippen LogP contribution is -3.15. The van der Waals surface area contributed by atoms with Crippen LogP contribution < -0.4 is 15.5 Å². The quantitative estimate of drug-likeness (QED) is 0.428. The summed E-state index contributed by atoms with van der Waals surface area (Å²) >= 11 is 0. The number of nitrogens with zero attached hydrogens (tertiary/aromatic N) is 5. The van der Waals surface area contributed by atoms with Crippen molar-refractivity contribution in [2.45, 2.75) is 6.54 Å². The summed E-state index contributed by atoms with van der Waals surface area (Å²) in [5.74, 6) is 0.991. The fourth-order valence-corrected chi connectivity index (χ4v) is 4.62. The molecule has 4 N–H and O–H groups in total. The van der Waals surface area contributed by atoms with E-state index in [4.69, 9.17) is 15.0 Å². The molecule has 0 saturated carbocycles. The molecule has 2 aromatic carbocycles. The third-order valence-electron chi connectivity index (χ3n) is 6.78. The van der Waals surface area contributed by atoms with Gasteiger partial charge in [-0.25, -0.2) is 15.0 Å². The van der Waals surface area contributed by atoms with Gasteiger partial charge in [-0.05, 0) is 26.2 Å². The monoisotopic (exact) mass is 469 g/mol. The number of anilines is 1. The van der Waals surface area contributed by atoms with Crippen molar-refractivity contribution in [2.24, 2.45) is 0 Å². The Morgan fingerprint density at radius 2 is 1.51 bits per heavy atom. The third-order valence-corrected chi connectivity index (χ3v) is 6.78. The Labute approximate surface area is 207 Å². The topological polar surface area (TPSA) is 77.2 Å². The lowest BCUT2D eigenvalue weighted by Gasteiger charge is -2.33. The second-order valence-corrected chi connectivity index (χ2v) is 9.54. The maximum Gasteiger partial charge on any atom is 0.180 e. The van der Waals surface area contributed by atoms with Gasteiger partial charge in [0.15, 0.2) is 5.65 Å². The first-order valence-corrected chi connectivity index (χ1v) is 12.5. The van der Waals surface area contributed by atoms with Crippen LogP contribution in [0, 0.1) is 0 Å². The Morgan fingerprint density at radius 1 is 0.829 bits per heavy atom. The smallest absolute Gasteiger partial charge is 0.180 e. The van der Waals surface area contributed by atoms with Crippen LogP contribution in [-0.4, -0.2) is 73.2 Å².